The number of pyridine rings is 1. The van der Waals surface area contributed by atoms with E-state index in [4.69, 9.17) is 14.6 Å². The van der Waals surface area contributed by atoms with Crippen LogP contribution in [-0.4, -0.2) is 58.1 Å². The number of halogens is 3. The molecule has 3 rings (SSSR count). The van der Waals surface area contributed by atoms with Crippen molar-refractivity contribution in [1.82, 2.24) is 20.5 Å². The third-order valence-corrected chi connectivity index (χ3v) is 4.12. The first-order valence-corrected chi connectivity index (χ1v) is 9.65. The predicted octanol–water partition coefficient (Wildman–Crippen LogP) is 3.06. The molecule has 0 fully saturated rings. The molecule has 0 spiro atoms. The number of aromatic nitrogens is 3. The van der Waals surface area contributed by atoms with E-state index < -0.39 is 30.2 Å². The van der Waals surface area contributed by atoms with Crippen molar-refractivity contribution in [3.63, 3.8) is 0 Å². The fraction of sp³-hybridized carbons (Fsp3) is 0.250. The van der Waals surface area contributed by atoms with Crippen LogP contribution in [0.5, 0.6) is 0 Å². The van der Waals surface area contributed by atoms with Crippen LogP contribution in [0, 0.1) is 0 Å². The Hall–Kier alpha value is -4.36. The van der Waals surface area contributed by atoms with Crippen molar-refractivity contribution in [2.75, 3.05) is 24.3 Å². The number of anilines is 2. The number of aliphatic carboxylic acids is 1. The quantitative estimate of drug-likeness (QED) is 0.335. The van der Waals surface area contributed by atoms with Crippen LogP contribution in [0.3, 0.4) is 0 Å². The number of carbonyl (C=O) groups is 3. The molecule has 1 unspecified atom stereocenters. The van der Waals surface area contributed by atoms with Crippen molar-refractivity contribution in [3.05, 3.63) is 48.2 Å². The van der Waals surface area contributed by atoms with Crippen LogP contribution in [0.25, 0.3) is 10.9 Å². The van der Waals surface area contributed by atoms with Crippen LogP contribution in [0.2, 0.25) is 0 Å². The number of fused-ring (bicyclic) bond motifs is 1. The van der Waals surface area contributed by atoms with Crippen molar-refractivity contribution in [1.29, 1.82) is 0 Å². The van der Waals surface area contributed by atoms with Gasteiger partial charge >= 0.3 is 24.1 Å². The molecule has 1 aromatic carbocycles. The van der Waals surface area contributed by atoms with Gasteiger partial charge in [-0.2, -0.15) is 18.3 Å². The number of hydrogen-bond acceptors (Lipinski definition) is 7. The van der Waals surface area contributed by atoms with Crippen molar-refractivity contribution in [3.8, 4) is 0 Å². The van der Waals surface area contributed by atoms with Crippen LogP contribution >= 0.6 is 0 Å². The second-order valence-corrected chi connectivity index (χ2v) is 6.49. The summed E-state index contributed by atoms with van der Waals surface area (Å²) in [5.41, 5.74) is 1.34. The molecule has 11 nitrogen and oxygen atoms in total. The molecule has 14 heteroatoms. The average molecular weight is 482 g/mol. The first kappa shape index (κ1) is 25.9. The molecule has 0 saturated heterocycles. The Morgan fingerprint density at radius 2 is 1.85 bits per heavy atom. The number of nitrogens with zero attached hydrogens (tertiary/aromatic N) is 2. The minimum atomic E-state index is -5.08. The molecule has 0 aliphatic carbocycles. The Bertz CT molecular complexity index is 1140. The number of urea groups is 1. The van der Waals surface area contributed by atoms with Gasteiger partial charge in [0.05, 0.1) is 18.0 Å². The fourth-order valence-corrected chi connectivity index (χ4v) is 2.61. The molecular weight excluding hydrogens is 461 g/mol. The zero-order valence-electron chi connectivity index (χ0n) is 17.9. The zero-order valence-corrected chi connectivity index (χ0v) is 17.9. The first-order valence-electron chi connectivity index (χ1n) is 9.65. The van der Waals surface area contributed by atoms with Gasteiger partial charge in [0, 0.05) is 18.8 Å². The lowest BCUT2D eigenvalue weighted by Gasteiger charge is -2.17. The van der Waals surface area contributed by atoms with E-state index in [1.54, 1.807) is 36.5 Å². The lowest BCUT2D eigenvalue weighted by Crippen LogP contribution is -2.37. The summed E-state index contributed by atoms with van der Waals surface area (Å²) in [5.74, 6) is -2.30. The molecule has 34 heavy (non-hydrogen) atoms. The highest BCUT2D eigenvalue weighted by Crippen LogP contribution is 2.21. The lowest BCUT2D eigenvalue weighted by atomic mass is 10.1. The average Bonchev–Trinajstić information content (AvgIpc) is 3.19. The number of benzene rings is 1. The molecule has 5 N–H and O–H groups in total. The maximum atomic E-state index is 12.4. The highest BCUT2D eigenvalue weighted by molar-refractivity contribution is 5.95. The topological polar surface area (TPSA) is 158 Å². The normalized spacial score (nSPS) is 11.6. The number of carbonyl (C=O) groups excluding carboxylic acids is 2. The van der Waals surface area contributed by atoms with Crippen LogP contribution < -0.4 is 16.0 Å². The summed E-state index contributed by atoms with van der Waals surface area (Å²) in [6, 6.07) is 9.01. The molecule has 2 heterocycles. The summed E-state index contributed by atoms with van der Waals surface area (Å²) in [4.78, 5) is 37.5. The molecule has 0 bridgehead atoms. The molecule has 3 aromatic rings. The van der Waals surface area contributed by atoms with Crippen molar-refractivity contribution in [2.45, 2.75) is 19.1 Å². The summed E-state index contributed by atoms with van der Waals surface area (Å²) in [7, 11) is 1.27. The van der Waals surface area contributed by atoms with Gasteiger partial charge in [-0.1, -0.05) is 30.3 Å². The predicted molar refractivity (Wildman–Crippen MR) is 115 cm³/mol. The maximum Gasteiger partial charge on any atom is 0.490 e. The molecule has 1 atom stereocenters. The van der Waals surface area contributed by atoms with Crippen LogP contribution in [-0.2, 0) is 14.3 Å². The number of rotatable bonds is 6. The minimum absolute atomic E-state index is 0.323. The van der Waals surface area contributed by atoms with Crippen LogP contribution in [0.4, 0.5) is 29.6 Å². The van der Waals surface area contributed by atoms with Crippen molar-refractivity contribution in [2.24, 2.45) is 0 Å². The van der Waals surface area contributed by atoms with Gasteiger partial charge in [0.1, 0.15) is 5.82 Å². The van der Waals surface area contributed by atoms with Crippen LogP contribution in [0.1, 0.15) is 18.5 Å². The molecular formula is C20H21F3N6O5. The van der Waals surface area contributed by atoms with Gasteiger partial charge in [0.15, 0.2) is 11.9 Å². The van der Waals surface area contributed by atoms with Gasteiger partial charge in [-0.05, 0) is 12.5 Å². The molecule has 0 radical (unpaired) electrons. The number of ether oxygens (including phenoxy) is 1. The first-order chi connectivity index (χ1) is 16.1. The maximum absolute atomic E-state index is 12.4. The number of methoxy groups -OCH3 is 1. The van der Waals surface area contributed by atoms with Gasteiger partial charge in [0.2, 0.25) is 0 Å². The van der Waals surface area contributed by atoms with E-state index >= 15 is 0 Å². The third kappa shape index (κ3) is 7.08. The third-order valence-electron chi connectivity index (χ3n) is 4.12. The Morgan fingerprint density at radius 3 is 2.41 bits per heavy atom. The molecule has 2 amide bonds. The number of amides is 2. The van der Waals surface area contributed by atoms with Gasteiger partial charge < -0.3 is 20.5 Å². The fourth-order valence-electron chi connectivity index (χ4n) is 2.61. The number of carboxylic acids is 1. The van der Waals surface area contributed by atoms with Crippen molar-refractivity contribution >= 4 is 40.5 Å². The van der Waals surface area contributed by atoms with E-state index in [0.29, 0.717) is 17.2 Å². The second-order valence-electron chi connectivity index (χ2n) is 6.49. The van der Waals surface area contributed by atoms with Gasteiger partial charge in [-0.15, -0.1) is 0 Å². The SMILES string of the molecule is CCNc1n[nH]c2cc(NC(=O)NC(C(=O)OC)c3ccccc3)ncc12.O=C(O)C(F)(F)F. The number of nitrogens with one attached hydrogen (secondary N) is 4. The molecule has 0 aliphatic rings. The van der Waals surface area contributed by atoms with E-state index in [2.05, 4.69) is 31.1 Å². The molecule has 182 valence electrons. The summed E-state index contributed by atoms with van der Waals surface area (Å²) < 4.78 is 36.5. The van der Waals surface area contributed by atoms with E-state index in [0.717, 1.165) is 17.4 Å². The molecule has 0 aliphatic heterocycles. The number of H-pyrrole nitrogens is 1. The smallest absolute Gasteiger partial charge is 0.475 e. The Labute approximate surface area is 190 Å². The van der Waals surface area contributed by atoms with Crippen LogP contribution in [0.15, 0.2) is 42.6 Å². The Morgan fingerprint density at radius 1 is 1.21 bits per heavy atom. The Kier molecular flexibility index (Phi) is 8.75. The highest BCUT2D eigenvalue weighted by atomic mass is 19.4. The van der Waals surface area contributed by atoms with E-state index in [-0.39, 0.29) is 0 Å². The number of carboxylic acid groups (broad SMARTS) is 1. The minimum Gasteiger partial charge on any atom is -0.475 e. The summed E-state index contributed by atoms with van der Waals surface area (Å²) in [6.07, 6.45) is -3.47. The van der Waals surface area contributed by atoms with Gasteiger partial charge in [-0.3, -0.25) is 10.4 Å². The lowest BCUT2D eigenvalue weighted by molar-refractivity contribution is -0.192. The largest absolute Gasteiger partial charge is 0.490 e. The molecule has 2 aromatic heterocycles. The van der Waals surface area contributed by atoms with Gasteiger partial charge in [-0.25, -0.2) is 19.4 Å². The number of aromatic amines is 1. The Balaban J connectivity index is 0.000000509. The molecule has 0 saturated carbocycles. The number of alkyl halides is 3. The monoisotopic (exact) mass is 482 g/mol. The summed E-state index contributed by atoms with van der Waals surface area (Å²) >= 11 is 0. The number of esters is 1. The van der Waals surface area contributed by atoms with E-state index in [9.17, 15) is 22.8 Å². The summed E-state index contributed by atoms with van der Waals surface area (Å²) in [5, 5.41) is 23.3. The van der Waals surface area contributed by atoms with E-state index in [1.807, 2.05) is 13.0 Å². The van der Waals surface area contributed by atoms with Crippen molar-refractivity contribution < 1.29 is 37.4 Å². The van der Waals surface area contributed by atoms with Gasteiger partial charge in [0.25, 0.3) is 0 Å². The summed E-state index contributed by atoms with van der Waals surface area (Å²) in [6.45, 7) is 2.70. The standard InChI is InChI=1S/C18H20N6O3.C2HF3O2/c1-3-19-16-12-10-20-14(9-13(12)23-24-16)21-18(26)22-15(17(25)27-2)11-7-5-4-6-8-11;3-2(4,5)1(6)7/h4-10,15H,3H2,1-2H3,(H2,19,23,24)(H2,20,21,22,26);(H,6,7). The van der Waals surface area contributed by atoms with E-state index in [1.165, 1.54) is 7.11 Å². The number of hydrogen-bond donors (Lipinski definition) is 5. The highest BCUT2D eigenvalue weighted by Gasteiger charge is 2.38. The zero-order chi connectivity index (χ0) is 25.3. The second kappa shape index (κ2) is 11.5.